The molecular weight excluding hydrogens is 430 g/mol. The minimum absolute atomic E-state index is 0.116. The van der Waals surface area contributed by atoms with Crippen molar-refractivity contribution in [2.24, 2.45) is 0 Å². The molecule has 4 N–H and O–H groups in total. The van der Waals surface area contributed by atoms with Crippen molar-refractivity contribution in [3.05, 3.63) is 35.7 Å². The zero-order valence-corrected chi connectivity index (χ0v) is 17.5. The number of aromatic nitrogens is 5. The number of hydrogen-bond acceptors (Lipinski definition) is 8. The Morgan fingerprint density at radius 3 is 3.10 bits per heavy atom. The summed E-state index contributed by atoms with van der Waals surface area (Å²) in [6.07, 6.45) is 3.34. The molecule has 4 aromatic rings. The summed E-state index contributed by atoms with van der Waals surface area (Å²) >= 11 is 7.83. The van der Waals surface area contributed by atoms with E-state index in [1.54, 1.807) is 42.4 Å². The molecule has 0 radical (unpaired) electrons. The van der Waals surface area contributed by atoms with Crippen molar-refractivity contribution in [2.75, 3.05) is 32.6 Å². The van der Waals surface area contributed by atoms with E-state index in [0.717, 1.165) is 16.0 Å². The van der Waals surface area contributed by atoms with Crippen LogP contribution in [0.15, 0.2) is 30.7 Å². The van der Waals surface area contributed by atoms with Crippen LogP contribution in [0, 0.1) is 0 Å². The molecule has 0 unspecified atom stereocenters. The van der Waals surface area contributed by atoms with Crippen molar-refractivity contribution in [1.29, 1.82) is 0 Å². The van der Waals surface area contributed by atoms with E-state index < -0.39 is 0 Å². The normalized spacial score (nSPS) is 11.1. The molecule has 0 saturated carbocycles. The topological polar surface area (TPSA) is 133 Å². The minimum Gasteiger partial charge on any atom is -0.484 e. The van der Waals surface area contributed by atoms with Crippen molar-refractivity contribution in [3.8, 4) is 22.8 Å². The summed E-state index contributed by atoms with van der Waals surface area (Å²) in [5.74, 6) is 0.877. The fourth-order valence-corrected chi connectivity index (χ4v) is 3.87. The van der Waals surface area contributed by atoms with Gasteiger partial charge in [0.2, 0.25) is 0 Å². The second kappa shape index (κ2) is 8.69. The molecular formula is C18H18ClN7O3S. The van der Waals surface area contributed by atoms with Crippen LogP contribution in [-0.4, -0.2) is 57.5 Å². The number of amides is 1. The number of aromatic amines is 1. The van der Waals surface area contributed by atoms with Gasteiger partial charge in [0.25, 0.3) is 5.91 Å². The lowest BCUT2D eigenvalue weighted by molar-refractivity contribution is -0.123. The SMILES string of the molecule is COCCNC(=O)COc1ccc(-c2cncn2-c2n[nH]c3nc(N)sc23)c(Cl)c1. The highest BCUT2D eigenvalue weighted by atomic mass is 35.5. The van der Waals surface area contributed by atoms with Crippen LogP contribution < -0.4 is 15.8 Å². The van der Waals surface area contributed by atoms with Gasteiger partial charge in [0.15, 0.2) is 23.2 Å². The number of thiazole rings is 1. The van der Waals surface area contributed by atoms with E-state index in [0.29, 0.717) is 40.5 Å². The Kier molecular flexibility index (Phi) is 5.84. The predicted octanol–water partition coefficient (Wildman–Crippen LogP) is 2.25. The Balaban J connectivity index is 1.53. The van der Waals surface area contributed by atoms with Gasteiger partial charge in [-0.25, -0.2) is 9.97 Å². The van der Waals surface area contributed by atoms with Gasteiger partial charge in [0.05, 0.1) is 23.5 Å². The van der Waals surface area contributed by atoms with Crippen LogP contribution in [0.5, 0.6) is 5.75 Å². The first-order chi connectivity index (χ1) is 14.6. The molecule has 0 bridgehead atoms. The molecule has 0 aliphatic heterocycles. The van der Waals surface area contributed by atoms with Crippen molar-refractivity contribution in [2.45, 2.75) is 0 Å². The molecule has 0 saturated heterocycles. The van der Waals surface area contributed by atoms with Gasteiger partial charge in [0.1, 0.15) is 16.8 Å². The number of carbonyl (C=O) groups excluding carboxylic acids is 1. The molecule has 0 aliphatic carbocycles. The van der Waals surface area contributed by atoms with Crippen molar-refractivity contribution in [3.63, 3.8) is 0 Å². The number of H-pyrrole nitrogens is 1. The van der Waals surface area contributed by atoms with Crippen LogP contribution in [0.3, 0.4) is 0 Å². The lowest BCUT2D eigenvalue weighted by atomic mass is 10.1. The average Bonchev–Trinajstić information content (AvgIpc) is 3.42. The average molecular weight is 448 g/mol. The van der Waals surface area contributed by atoms with Gasteiger partial charge < -0.3 is 20.5 Å². The van der Waals surface area contributed by atoms with E-state index in [-0.39, 0.29) is 12.5 Å². The molecule has 1 aromatic carbocycles. The molecule has 4 rings (SSSR count). The summed E-state index contributed by atoms with van der Waals surface area (Å²) in [6, 6.07) is 5.20. The van der Waals surface area contributed by atoms with Crippen molar-refractivity contribution >= 4 is 44.3 Å². The lowest BCUT2D eigenvalue weighted by Gasteiger charge is -2.11. The number of nitrogens with one attached hydrogen (secondary N) is 2. The number of halogens is 1. The minimum atomic E-state index is -0.239. The van der Waals surface area contributed by atoms with E-state index in [1.807, 2.05) is 0 Å². The van der Waals surface area contributed by atoms with Gasteiger partial charge in [0, 0.05) is 19.2 Å². The van der Waals surface area contributed by atoms with Crippen LogP contribution in [0.1, 0.15) is 0 Å². The van der Waals surface area contributed by atoms with Gasteiger partial charge in [-0.1, -0.05) is 22.9 Å². The summed E-state index contributed by atoms with van der Waals surface area (Å²) in [5.41, 5.74) is 7.89. The quantitative estimate of drug-likeness (QED) is 0.353. The van der Waals surface area contributed by atoms with Gasteiger partial charge in [-0.3, -0.25) is 14.5 Å². The Morgan fingerprint density at radius 1 is 1.43 bits per heavy atom. The number of fused-ring (bicyclic) bond motifs is 1. The third kappa shape index (κ3) is 4.08. The van der Waals surface area contributed by atoms with E-state index in [1.165, 1.54) is 11.3 Å². The standard InChI is InChI=1S/C18H18ClN7O3S/c1-28-5-4-22-14(27)8-29-10-2-3-11(12(19)6-10)13-7-21-9-26(13)17-15-16(24-25-17)23-18(20)30-15/h2-3,6-7,9H,4-5,8H2,1H3,(H,22,27)(H3,20,23,24,25). The molecule has 30 heavy (non-hydrogen) atoms. The summed E-state index contributed by atoms with van der Waals surface area (Å²) in [5, 5.41) is 10.8. The number of nitrogen functional groups attached to an aromatic ring is 1. The first-order valence-electron chi connectivity index (χ1n) is 8.88. The zero-order valence-electron chi connectivity index (χ0n) is 15.9. The number of methoxy groups -OCH3 is 1. The second-order valence-electron chi connectivity index (χ2n) is 6.20. The maximum absolute atomic E-state index is 11.8. The Morgan fingerprint density at radius 2 is 2.30 bits per heavy atom. The summed E-state index contributed by atoms with van der Waals surface area (Å²) < 4.78 is 13.0. The third-order valence-electron chi connectivity index (χ3n) is 4.20. The number of nitrogens with zero attached hydrogens (tertiary/aromatic N) is 4. The molecule has 12 heteroatoms. The van der Waals surface area contributed by atoms with E-state index >= 15 is 0 Å². The van der Waals surface area contributed by atoms with Crippen LogP contribution in [-0.2, 0) is 9.53 Å². The second-order valence-corrected chi connectivity index (χ2v) is 7.64. The molecule has 0 aliphatic rings. The maximum atomic E-state index is 11.8. The van der Waals surface area contributed by atoms with Gasteiger partial charge in [-0.15, -0.1) is 0 Å². The smallest absolute Gasteiger partial charge is 0.258 e. The molecule has 0 spiro atoms. The Hall–Kier alpha value is -3.15. The van der Waals surface area contributed by atoms with Crippen molar-refractivity contribution < 1.29 is 14.3 Å². The molecule has 1 amide bonds. The van der Waals surface area contributed by atoms with Gasteiger partial charge >= 0.3 is 0 Å². The third-order valence-corrected chi connectivity index (χ3v) is 5.39. The fraction of sp³-hybridized carbons (Fsp3) is 0.222. The molecule has 156 valence electrons. The monoisotopic (exact) mass is 447 g/mol. The van der Waals surface area contributed by atoms with Crippen LogP contribution in [0.25, 0.3) is 27.4 Å². The largest absolute Gasteiger partial charge is 0.484 e. The van der Waals surface area contributed by atoms with E-state index in [2.05, 4.69) is 25.5 Å². The number of ether oxygens (including phenoxy) is 2. The van der Waals surface area contributed by atoms with Gasteiger partial charge in [-0.2, -0.15) is 5.10 Å². The van der Waals surface area contributed by atoms with Gasteiger partial charge in [-0.05, 0) is 18.2 Å². The number of hydrogen-bond donors (Lipinski definition) is 3. The maximum Gasteiger partial charge on any atom is 0.258 e. The molecule has 10 nitrogen and oxygen atoms in total. The summed E-state index contributed by atoms with van der Waals surface area (Å²) in [6.45, 7) is 0.750. The number of benzene rings is 1. The molecule has 0 atom stereocenters. The Labute approximate surface area is 180 Å². The van der Waals surface area contributed by atoms with E-state index in [4.69, 9.17) is 26.8 Å². The highest BCUT2D eigenvalue weighted by Crippen LogP contribution is 2.34. The number of imidazole rings is 1. The Bertz CT molecular complexity index is 1190. The predicted molar refractivity (Wildman–Crippen MR) is 114 cm³/mol. The first-order valence-corrected chi connectivity index (χ1v) is 10.1. The molecule has 3 heterocycles. The summed E-state index contributed by atoms with van der Waals surface area (Å²) in [4.78, 5) is 20.2. The fourth-order valence-electron chi connectivity index (χ4n) is 2.83. The highest BCUT2D eigenvalue weighted by Gasteiger charge is 2.17. The van der Waals surface area contributed by atoms with Crippen LogP contribution >= 0.6 is 22.9 Å². The molecule has 3 aromatic heterocycles. The molecule has 0 fully saturated rings. The van der Waals surface area contributed by atoms with Crippen molar-refractivity contribution in [1.82, 2.24) is 30.0 Å². The first kappa shape index (κ1) is 20.1. The number of anilines is 1. The highest BCUT2D eigenvalue weighted by molar-refractivity contribution is 7.22. The number of rotatable bonds is 8. The van der Waals surface area contributed by atoms with Crippen LogP contribution in [0.2, 0.25) is 5.02 Å². The van der Waals surface area contributed by atoms with E-state index in [9.17, 15) is 4.79 Å². The zero-order chi connectivity index (χ0) is 21.1. The van der Waals surface area contributed by atoms with Crippen LogP contribution in [0.4, 0.5) is 5.13 Å². The summed E-state index contributed by atoms with van der Waals surface area (Å²) in [7, 11) is 1.57. The lowest BCUT2D eigenvalue weighted by Crippen LogP contribution is -2.31. The number of carbonyl (C=O) groups is 1. The number of nitrogens with two attached hydrogens (primary N) is 1.